The predicted octanol–water partition coefficient (Wildman–Crippen LogP) is 0.470. The highest BCUT2D eigenvalue weighted by Crippen LogP contribution is 2.26. The van der Waals surface area contributed by atoms with E-state index < -0.39 is 6.03 Å². The number of aldehydes is 1. The third-order valence-electron chi connectivity index (χ3n) is 1.59. The van der Waals surface area contributed by atoms with E-state index >= 15 is 0 Å². The van der Waals surface area contributed by atoms with Crippen molar-refractivity contribution >= 4 is 12.3 Å². The van der Waals surface area contributed by atoms with Gasteiger partial charge < -0.3 is 15.3 Å². The first-order chi connectivity index (χ1) is 7.17. The number of hydrogen-bond donors (Lipinski definition) is 2. The van der Waals surface area contributed by atoms with Gasteiger partial charge in [0, 0.05) is 5.56 Å². The molecule has 0 spiro atoms. The summed E-state index contributed by atoms with van der Waals surface area (Å²) in [5.41, 5.74) is 7.20. The molecule has 1 aromatic rings. The van der Waals surface area contributed by atoms with Gasteiger partial charge in [-0.25, -0.2) is 4.79 Å². The summed E-state index contributed by atoms with van der Waals surface area (Å²) in [4.78, 5) is 25.7. The van der Waals surface area contributed by atoms with E-state index in [0.29, 0.717) is 17.6 Å². The van der Waals surface area contributed by atoms with Crippen molar-refractivity contribution in [1.29, 1.82) is 0 Å². The first-order valence-electron chi connectivity index (χ1n) is 4.03. The number of carbonyl (C=O) groups is 2. The van der Waals surface area contributed by atoms with E-state index in [1.807, 2.05) is 5.48 Å². The minimum Gasteiger partial charge on any atom is -0.493 e. The average Bonchev–Trinajstić information content (AvgIpc) is 2.25. The molecule has 6 nitrogen and oxygen atoms in total. The topological polar surface area (TPSA) is 90.7 Å². The van der Waals surface area contributed by atoms with Crippen molar-refractivity contribution in [3.63, 3.8) is 0 Å². The van der Waals surface area contributed by atoms with Gasteiger partial charge in [0.05, 0.1) is 7.11 Å². The van der Waals surface area contributed by atoms with Crippen LogP contribution < -0.4 is 20.8 Å². The number of hydrogen-bond acceptors (Lipinski definition) is 4. The lowest BCUT2D eigenvalue weighted by Gasteiger charge is -2.09. The summed E-state index contributed by atoms with van der Waals surface area (Å²) < 4.78 is 4.94. The minimum atomic E-state index is -0.823. The van der Waals surface area contributed by atoms with E-state index in [0.717, 1.165) is 0 Å². The van der Waals surface area contributed by atoms with Crippen molar-refractivity contribution < 1.29 is 19.2 Å². The zero-order chi connectivity index (χ0) is 11.3. The van der Waals surface area contributed by atoms with Gasteiger partial charge in [-0.05, 0) is 18.2 Å². The predicted molar refractivity (Wildman–Crippen MR) is 51.7 cm³/mol. The fraction of sp³-hybridized carbons (Fsp3) is 0.111. The maximum absolute atomic E-state index is 10.5. The van der Waals surface area contributed by atoms with Crippen LogP contribution in [0.4, 0.5) is 4.79 Å². The van der Waals surface area contributed by atoms with E-state index in [1.165, 1.54) is 25.3 Å². The Morgan fingerprint density at radius 1 is 1.47 bits per heavy atom. The lowest BCUT2D eigenvalue weighted by molar-refractivity contribution is 0.112. The van der Waals surface area contributed by atoms with E-state index in [1.54, 1.807) is 0 Å². The highest BCUT2D eigenvalue weighted by molar-refractivity contribution is 5.76. The molecule has 80 valence electrons. The smallest absolute Gasteiger partial charge is 0.345 e. The van der Waals surface area contributed by atoms with Crippen molar-refractivity contribution in [1.82, 2.24) is 5.48 Å². The zero-order valence-electron chi connectivity index (χ0n) is 8.02. The summed E-state index contributed by atoms with van der Waals surface area (Å²) in [6, 6.07) is 3.66. The Morgan fingerprint density at radius 2 is 2.20 bits per heavy atom. The number of carbonyl (C=O) groups excluding carboxylic acids is 2. The SMILES string of the molecule is COc1cc(C=O)ccc1ONC(N)=O. The van der Waals surface area contributed by atoms with Crippen LogP contribution in [0, 0.1) is 0 Å². The molecule has 3 N–H and O–H groups in total. The molecule has 1 rings (SSSR count). The van der Waals surface area contributed by atoms with Crippen LogP contribution >= 0.6 is 0 Å². The highest BCUT2D eigenvalue weighted by Gasteiger charge is 2.06. The molecule has 0 aliphatic carbocycles. The Hall–Kier alpha value is -2.24. The van der Waals surface area contributed by atoms with Gasteiger partial charge >= 0.3 is 6.03 Å². The summed E-state index contributed by atoms with van der Waals surface area (Å²) >= 11 is 0. The number of urea groups is 1. The van der Waals surface area contributed by atoms with Crippen molar-refractivity contribution in [3.05, 3.63) is 23.8 Å². The van der Waals surface area contributed by atoms with E-state index in [9.17, 15) is 9.59 Å². The van der Waals surface area contributed by atoms with Crippen molar-refractivity contribution in [2.24, 2.45) is 5.73 Å². The number of nitrogens with one attached hydrogen (secondary N) is 1. The maximum Gasteiger partial charge on any atom is 0.345 e. The molecule has 0 saturated carbocycles. The number of amides is 2. The molecule has 0 aliphatic rings. The molecule has 0 saturated heterocycles. The van der Waals surface area contributed by atoms with Crippen LogP contribution in [0.25, 0.3) is 0 Å². The van der Waals surface area contributed by atoms with Gasteiger partial charge in [0.25, 0.3) is 0 Å². The molecule has 0 aliphatic heterocycles. The van der Waals surface area contributed by atoms with Gasteiger partial charge in [-0.3, -0.25) is 4.79 Å². The van der Waals surface area contributed by atoms with Crippen molar-refractivity contribution in [2.45, 2.75) is 0 Å². The second-order valence-electron chi connectivity index (χ2n) is 2.60. The third-order valence-corrected chi connectivity index (χ3v) is 1.59. The van der Waals surface area contributed by atoms with E-state index in [2.05, 4.69) is 0 Å². The number of hydroxylamine groups is 1. The van der Waals surface area contributed by atoms with Crippen LogP contribution in [-0.4, -0.2) is 19.4 Å². The Morgan fingerprint density at radius 3 is 2.73 bits per heavy atom. The number of primary amides is 1. The molecule has 15 heavy (non-hydrogen) atoms. The number of nitrogens with two attached hydrogens (primary N) is 1. The van der Waals surface area contributed by atoms with Crippen LogP contribution in [0.5, 0.6) is 11.5 Å². The summed E-state index contributed by atoms with van der Waals surface area (Å²) in [7, 11) is 1.42. The normalized spacial score (nSPS) is 9.13. The van der Waals surface area contributed by atoms with Crippen LogP contribution in [0.15, 0.2) is 18.2 Å². The summed E-state index contributed by atoms with van der Waals surface area (Å²) in [6.07, 6.45) is 0.674. The summed E-state index contributed by atoms with van der Waals surface area (Å²) in [5, 5.41) is 0. The first kappa shape index (κ1) is 10.8. The lowest BCUT2D eigenvalue weighted by atomic mass is 10.2. The average molecular weight is 210 g/mol. The molecule has 0 aromatic heterocycles. The molecular formula is C9H10N2O4. The van der Waals surface area contributed by atoms with Gasteiger partial charge in [0.1, 0.15) is 6.29 Å². The minimum absolute atomic E-state index is 0.266. The molecule has 0 radical (unpaired) electrons. The van der Waals surface area contributed by atoms with E-state index in [4.69, 9.17) is 15.3 Å². The molecule has 0 heterocycles. The number of methoxy groups -OCH3 is 1. The number of ether oxygens (including phenoxy) is 1. The maximum atomic E-state index is 10.5. The Bertz CT molecular complexity index is 378. The second kappa shape index (κ2) is 4.85. The van der Waals surface area contributed by atoms with Crippen molar-refractivity contribution in [3.8, 4) is 11.5 Å². The molecule has 6 heteroatoms. The molecule has 0 unspecified atom stereocenters. The Balaban J connectivity index is 2.87. The van der Waals surface area contributed by atoms with Crippen LogP contribution in [-0.2, 0) is 0 Å². The number of rotatable bonds is 4. The van der Waals surface area contributed by atoms with Crippen molar-refractivity contribution in [2.75, 3.05) is 7.11 Å². The first-order valence-corrected chi connectivity index (χ1v) is 4.03. The highest BCUT2D eigenvalue weighted by atomic mass is 16.7. The largest absolute Gasteiger partial charge is 0.493 e. The number of benzene rings is 1. The van der Waals surface area contributed by atoms with Crippen LogP contribution in [0.1, 0.15) is 10.4 Å². The Labute approximate surface area is 85.9 Å². The quantitative estimate of drug-likeness (QED) is 0.558. The molecule has 0 atom stereocenters. The zero-order valence-corrected chi connectivity index (χ0v) is 8.02. The molecule has 2 amide bonds. The fourth-order valence-corrected chi connectivity index (χ4v) is 0.947. The standard InChI is InChI=1S/C9H10N2O4/c1-14-8-4-6(5-12)2-3-7(8)15-11-9(10)13/h2-5H,1H3,(H3,10,11,13). The monoisotopic (exact) mass is 210 g/mol. The molecule has 0 bridgehead atoms. The lowest BCUT2D eigenvalue weighted by Crippen LogP contribution is -2.32. The van der Waals surface area contributed by atoms with Gasteiger partial charge in [-0.1, -0.05) is 0 Å². The van der Waals surface area contributed by atoms with Gasteiger partial charge in [-0.15, -0.1) is 0 Å². The van der Waals surface area contributed by atoms with Crippen LogP contribution in [0.3, 0.4) is 0 Å². The molecule has 1 aromatic carbocycles. The fourth-order valence-electron chi connectivity index (χ4n) is 0.947. The van der Waals surface area contributed by atoms with E-state index in [-0.39, 0.29) is 5.75 Å². The molecule has 0 fully saturated rings. The Kier molecular flexibility index (Phi) is 3.50. The van der Waals surface area contributed by atoms with Gasteiger partial charge in [-0.2, -0.15) is 5.48 Å². The second-order valence-corrected chi connectivity index (χ2v) is 2.60. The van der Waals surface area contributed by atoms with Crippen LogP contribution in [0.2, 0.25) is 0 Å². The molecular weight excluding hydrogens is 200 g/mol. The summed E-state index contributed by atoms with van der Waals surface area (Å²) in [6.45, 7) is 0. The summed E-state index contributed by atoms with van der Waals surface area (Å²) in [5.74, 6) is 0.593. The van der Waals surface area contributed by atoms with Gasteiger partial charge in [0.15, 0.2) is 11.5 Å². The third kappa shape index (κ3) is 2.87. The van der Waals surface area contributed by atoms with Gasteiger partial charge in [0.2, 0.25) is 0 Å².